The first kappa shape index (κ1) is 19.4. The van der Waals surface area contributed by atoms with Crippen LogP contribution in [-0.2, 0) is 28.7 Å². The number of carbonyl (C=O) groups is 1. The monoisotopic (exact) mass is 377 g/mol. The fourth-order valence-electron chi connectivity index (χ4n) is 3.23. The second-order valence-corrected chi connectivity index (χ2v) is 6.78. The van der Waals surface area contributed by atoms with Crippen LogP contribution in [0.4, 0.5) is 13.2 Å². The molecule has 6 heteroatoms. The smallest absolute Gasteiger partial charge is 0.372 e. The molecule has 2 aromatic carbocycles. The van der Waals surface area contributed by atoms with E-state index in [9.17, 15) is 18.0 Å². The van der Waals surface area contributed by atoms with Gasteiger partial charge in [-0.1, -0.05) is 42.5 Å². The van der Waals surface area contributed by atoms with Crippen molar-refractivity contribution in [3.05, 3.63) is 71.3 Å². The largest absolute Gasteiger partial charge is 0.416 e. The van der Waals surface area contributed by atoms with Crippen molar-refractivity contribution in [3.63, 3.8) is 0 Å². The maximum absolute atomic E-state index is 12.8. The Bertz CT molecular complexity index is 762. The molecule has 1 amide bonds. The van der Waals surface area contributed by atoms with Gasteiger partial charge in [-0.2, -0.15) is 13.2 Å². The number of carbonyl (C=O) groups excluding carboxylic acids is 1. The molecule has 0 unspecified atom stereocenters. The zero-order chi connectivity index (χ0) is 19.3. The van der Waals surface area contributed by atoms with Gasteiger partial charge in [0.25, 0.3) is 0 Å². The highest BCUT2D eigenvalue weighted by Crippen LogP contribution is 2.29. The van der Waals surface area contributed by atoms with Crippen LogP contribution in [0.5, 0.6) is 0 Å². The molecule has 0 aliphatic carbocycles. The number of nitrogens with zero attached hydrogens (tertiary/aromatic N) is 1. The van der Waals surface area contributed by atoms with Crippen LogP contribution in [0.3, 0.4) is 0 Å². The predicted molar refractivity (Wildman–Crippen MR) is 96.0 cm³/mol. The van der Waals surface area contributed by atoms with Crippen LogP contribution < -0.4 is 0 Å². The normalized spacial score (nSPS) is 17.7. The quantitative estimate of drug-likeness (QED) is 0.770. The van der Waals surface area contributed by atoms with Crippen molar-refractivity contribution < 1.29 is 22.7 Å². The minimum absolute atomic E-state index is 0.0496. The van der Waals surface area contributed by atoms with E-state index >= 15 is 0 Å². The second-order valence-electron chi connectivity index (χ2n) is 6.78. The van der Waals surface area contributed by atoms with Crippen LogP contribution in [0.15, 0.2) is 54.6 Å². The summed E-state index contributed by atoms with van der Waals surface area (Å²) in [6, 6.07) is 14.7. The number of amides is 1. The molecular formula is C21H22F3NO2. The van der Waals surface area contributed by atoms with Crippen LogP contribution in [0, 0.1) is 0 Å². The van der Waals surface area contributed by atoms with Gasteiger partial charge in [0.1, 0.15) is 0 Å². The molecule has 1 saturated heterocycles. The van der Waals surface area contributed by atoms with E-state index in [1.165, 1.54) is 6.07 Å². The van der Waals surface area contributed by atoms with Gasteiger partial charge in [-0.25, -0.2) is 0 Å². The number of rotatable bonds is 5. The maximum atomic E-state index is 12.8. The lowest BCUT2D eigenvalue weighted by Gasteiger charge is -2.33. The molecule has 0 radical (unpaired) electrons. The molecule has 3 rings (SSSR count). The fraction of sp³-hybridized carbons (Fsp3) is 0.381. The third kappa shape index (κ3) is 5.57. The predicted octanol–water partition coefficient (Wildman–Crippen LogP) is 4.46. The standard InChI is InChI=1S/C21H22F3NO2/c22-21(23,24)18-9-4-8-17(12-18)15-27-19-10-5-11-25(14-19)20(26)13-16-6-2-1-3-7-16/h1-4,6-9,12,19H,5,10-11,13-15H2/t19-/m1/s1. The number of halogens is 3. The van der Waals surface area contributed by atoms with Gasteiger partial charge in [-0.15, -0.1) is 0 Å². The highest BCUT2D eigenvalue weighted by molar-refractivity contribution is 5.78. The fourth-order valence-corrected chi connectivity index (χ4v) is 3.23. The molecule has 1 aliphatic heterocycles. The van der Waals surface area contributed by atoms with E-state index in [1.807, 2.05) is 30.3 Å². The van der Waals surface area contributed by atoms with Gasteiger partial charge in [-0.05, 0) is 36.1 Å². The Labute approximate surface area is 156 Å². The Balaban J connectivity index is 1.53. The molecule has 0 saturated carbocycles. The Morgan fingerprint density at radius 3 is 2.56 bits per heavy atom. The molecule has 144 valence electrons. The topological polar surface area (TPSA) is 29.5 Å². The van der Waals surface area contributed by atoms with Crippen molar-refractivity contribution in [1.29, 1.82) is 0 Å². The third-order valence-electron chi connectivity index (χ3n) is 4.67. The summed E-state index contributed by atoms with van der Waals surface area (Å²) < 4.78 is 44.2. The van der Waals surface area contributed by atoms with Crippen LogP contribution in [-0.4, -0.2) is 30.0 Å². The summed E-state index contributed by atoms with van der Waals surface area (Å²) in [5, 5.41) is 0. The Hall–Kier alpha value is -2.34. The first-order valence-electron chi connectivity index (χ1n) is 9.01. The van der Waals surface area contributed by atoms with Gasteiger partial charge in [0.2, 0.25) is 5.91 Å². The Morgan fingerprint density at radius 2 is 1.81 bits per heavy atom. The van der Waals surface area contributed by atoms with Crippen LogP contribution in [0.2, 0.25) is 0 Å². The number of hydrogen-bond acceptors (Lipinski definition) is 2. The number of hydrogen-bond donors (Lipinski definition) is 0. The second kappa shape index (κ2) is 8.57. The molecule has 3 nitrogen and oxygen atoms in total. The summed E-state index contributed by atoms with van der Waals surface area (Å²) in [5.74, 6) is 0.0496. The molecular weight excluding hydrogens is 355 g/mol. The van der Waals surface area contributed by atoms with Gasteiger partial charge in [0, 0.05) is 13.1 Å². The number of alkyl halides is 3. The van der Waals surface area contributed by atoms with E-state index < -0.39 is 11.7 Å². The van der Waals surface area contributed by atoms with E-state index in [-0.39, 0.29) is 18.6 Å². The molecule has 2 aromatic rings. The lowest BCUT2D eigenvalue weighted by atomic mass is 10.1. The molecule has 0 N–H and O–H groups in total. The molecule has 1 atom stereocenters. The van der Waals surface area contributed by atoms with E-state index in [2.05, 4.69) is 0 Å². The van der Waals surface area contributed by atoms with Crippen molar-refractivity contribution in [3.8, 4) is 0 Å². The highest BCUT2D eigenvalue weighted by Gasteiger charge is 2.30. The number of piperidine rings is 1. The molecule has 1 aliphatic rings. The Morgan fingerprint density at radius 1 is 1.07 bits per heavy atom. The van der Waals surface area contributed by atoms with Crippen LogP contribution in [0.1, 0.15) is 29.5 Å². The molecule has 1 fully saturated rings. The van der Waals surface area contributed by atoms with Gasteiger partial charge in [0.15, 0.2) is 0 Å². The molecule has 27 heavy (non-hydrogen) atoms. The van der Waals surface area contributed by atoms with Crippen LogP contribution >= 0.6 is 0 Å². The van der Waals surface area contributed by atoms with Gasteiger partial charge >= 0.3 is 6.18 Å². The van der Waals surface area contributed by atoms with E-state index in [4.69, 9.17) is 4.74 Å². The summed E-state index contributed by atoms with van der Waals surface area (Å²) in [6.45, 7) is 1.27. The van der Waals surface area contributed by atoms with E-state index in [1.54, 1.807) is 11.0 Å². The molecule has 0 aromatic heterocycles. The summed E-state index contributed by atoms with van der Waals surface area (Å²) >= 11 is 0. The summed E-state index contributed by atoms with van der Waals surface area (Å²) in [5.41, 5.74) is 0.777. The molecule has 1 heterocycles. The van der Waals surface area contributed by atoms with Crippen molar-refractivity contribution in [1.82, 2.24) is 4.90 Å². The Kier molecular flexibility index (Phi) is 6.16. The van der Waals surface area contributed by atoms with Gasteiger partial charge in [-0.3, -0.25) is 4.79 Å². The number of ether oxygens (including phenoxy) is 1. The average molecular weight is 377 g/mol. The first-order valence-corrected chi connectivity index (χ1v) is 9.01. The van der Waals surface area contributed by atoms with Crippen molar-refractivity contribution in [2.75, 3.05) is 13.1 Å². The van der Waals surface area contributed by atoms with Gasteiger partial charge < -0.3 is 9.64 Å². The van der Waals surface area contributed by atoms with Crippen LogP contribution in [0.25, 0.3) is 0 Å². The van der Waals surface area contributed by atoms with E-state index in [0.717, 1.165) is 30.5 Å². The molecule has 0 bridgehead atoms. The van der Waals surface area contributed by atoms with Crippen molar-refractivity contribution in [2.45, 2.75) is 38.1 Å². The highest BCUT2D eigenvalue weighted by atomic mass is 19.4. The average Bonchev–Trinajstić information content (AvgIpc) is 2.67. The minimum atomic E-state index is -4.36. The van der Waals surface area contributed by atoms with Crippen molar-refractivity contribution in [2.24, 2.45) is 0 Å². The summed E-state index contributed by atoms with van der Waals surface area (Å²) in [4.78, 5) is 14.3. The van der Waals surface area contributed by atoms with E-state index in [0.29, 0.717) is 25.1 Å². The SMILES string of the molecule is O=C(Cc1ccccc1)N1CCC[C@@H](OCc2cccc(C(F)(F)F)c2)C1. The summed E-state index contributed by atoms with van der Waals surface area (Å²) in [7, 11) is 0. The zero-order valence-electron chi connectivity index (χ0n) is 14.9. The minimum Gasteiger partial charge on any atom is -0.372 e. The molecule has 0 spiro atoms. The first-order chi connectivity index (χ1) is 12.9. The third-order valence-corrected chi connectivity index (χ3v) is 4.67. The van der Waals surface area contributed by atoms with Crippen molar-refractivity contribution >= 4 is 5.91 Å². The number of benzene rings is 2. The lowest BCUT2D eigenvalue weighted by Crippen LogP contribution is -2.43. The zero-order valence-corrected chi connectivity index (χ0v) is 14.9. The number of likely N-dealkylation sites (tertiary alicyclic amines) is 1. The van der Waals surface area contributed by atoms with Gasteiger partial charge in [0.05, 0.1) is 24.7 Å². The maximum Gasteiger partial charge on any atom is 0.416 e. The summed E-state index contributed by atoms with van der Waals surface area (Å²) in [6.07, 6.45) is -2.54. The lowest BCUT2D eigenvalue weighted by molar-refractivity contribution is -0.138.